The van der Waals surface area contributed by atoms with E-state index in [1.807, 2.05) is 6.07 Å². The number of rotatable bonds is 2. The molecule has 4 nitrogen and oxygen atoms in total. The second kappa shape index (κ2) is 3.93. The zero-order chi connectivity index (χ0) is 9.80. The molecule has 14 heavy (non-hydrogen) atoms. The molecule has 0 bridgehead atoms. The van der Waals surface area contributed by atoms with Gasteiger partial charge in [-0.05, 0) is 18.2 Å². The van der Waals surface area contributed by atoms with E-state index in [9.17, 15) is 5.11 Å². The average molecular weight is 187 g/mol. The predicted octanol–water partition coefficient (Wildman–Crippen LogP) is 0.953. The van der Waals surface area contributed by atoms with Crippen LogP contribution in [-0.4, -0.2) is 20.1 Å². The lowest BCUT2D eigenvalue weighted by Crippen LogP contribution is -2.05. The number of pyridine rings is 1. The van der Waals surface area contributed by atoms with E-state index >= 15 is 0 Å². The lowest BCUT2D eigenvalue weighted by molar-refractivity contribution is 0.205. The fourth-order valence-corrected chi connectivity index (χ4v) is 1.12. The molecule has 1 unspecified atom stereocenters. The van der Waals surface area contributed by atoms with Crippen LogP contribution in [0.15, 0.2) is 42.9 Å². The van der Waals surface area contributed by atoms with Crippen LogP contribution in [0.2, 0.25) is 0 Å². The number of aromatic nitrogens is 3. The maximum Gasteiger partial charge on any atom is 0.163 e. The van der Waals surface area contributed by atoms with E-state index in [0.29, 0.717) is 11.5 Å². The third kappa shape index (κ3) is 1.75. The minimum absolute atomic E-state index is 0.367. The van der Waals surface area contributed by atoms with Gasteiger partial charge >= 0.3 is 0 Å². The van der Waals surface area contributed by atoms with Gasteiger partial charge in [0.25, 0.3) is 0 Å². The Labute approximate surface area is 81.3 Å². The predicted molar refractivity (Wildman–Crippen MR) is 50.3 cm³/mol. The first kappa shape index (κ1) is 8.77. The first-order valence-electron chi connectivity index (χ1n) is 4.24. The highest BCUT2D eigenvalue weighted by Gasteiger charge is 2.12. The van der Waals surface area contributed by atoms with Crippen molar-refractivity contribution >= 4 is 0 Å². The summed E-state index contributed by atoms with van der Waals surface area (Å²) in [7, 11) is 0. The number of nitrogens with zero attached hydrogens (tertiary/aromatic N) is 3. The number of hydrogen-bond donors (Lipinski definition) is 1. The van der Waals surface area contributed by atoms with Gasteiger partial charge in [0.15, 0.2) is 11.9 Å². The summed E-state index contributed by atoms with van der Waals surface area (Å²) in [5.41, 5.74) is 0.554. The molecule has 0 saturated heterocycles. The van der Waals surface area contributed by atoms with Gasteiger partial charge < -0.3 is 5.11 Å². The summed E-state index contributed by atoms with van der Waals surface area (Å²) in [4.78, 5) is 11.9. The largest absolute Gasteiger partial charge is 0.379 e. The lowest BCUT2D eigenvalue weighted by atomic mass is 10.2. The van der Waals surface area contributed by atoms with Crippen LogP contribution in [-0.2, 0) is 0 Å². The fourth-order valence-electron chi connectivity index (χ4n) is 1.12. The maximum atomic E-state index is 9.80. The van der Waals surface area contributed by atoms with Gasteiger partial charge in [0, 0.05) is 18.6 Å². The van der Waals surface area contributed by atoms with E-state index in [0.717, 1.165) is 0 Å². The topological polar surface area (TPSA) is 58.9 Å². The van der Waals surface area contributed by atoms with Crippen molar-refractivity contribution in [3.63, 3.8) is 0 Å². The first-order valence-corrected chi connectivity index (χ1v) is 4.24. The van der Waals surface area contributed by atoms with Crippen LogP contribution in [0, 0.1) is 0 Å². The van der Waals surface area contributed by atoms with Crippen LogP contribution in [0.5, 0.6) is 0 Å². The molecule has 0 aromatic carbocycles. The molecular weight excluding hydrogens is 178 g/mol. The monoisotopic (exact) mass is 187 g/mol. The Morgan fingerprint density at radius 2 is 1.64 bits per heavy atom. The number of hydrogen-bond acceptors (Lipinski definition) is 4. The average Bonchev–Trinajstić information content (AvgIpc) is 2.30. The summed E-state index contributed by atoms with van der Waals surface area (Å²) in [5.74, 6) is 0.367. The van der Waals surface area contributed by atoms with Crippen molar-refractivity contribution in [3.05, 3.63) is 54.4 Å². The number of aliphatic hydroxyl groups is 1. The molecule has 0 aliphatic heterocycles. The van der Waals surface area contributed by atoms with Gasteiger partial charge in [-0.2, -0.15) is 0 Å². The molecule has 0 aliphatic carbocycles. The minimum atomic E-state index is -0.850. The smallest absolute Gasteiger partial charge is 0.163 e. The molecule has 0 radical (unpaired) electrons. The van der Waals surface area contributed by atoms with Crippen LogP contribution in [0.4, 0.5) is 0 Å². The Hall–Kier alpha value is -1.81. The molecule has 2 aromatic heterocycles. The lowest BCUT2D eigenvalue weighted by Gasteiger charge is -2.06. The van der Waals surface area contributed by atoms with Crippen molar-refractivity contribution in [2.75, 3.05) is 0 Å². The minimum Gasteiger partial charge on any atom is -0.379 e. The Bertz CT molecular complexity index is 351. The van der Waals surface area contributed by atoms with Crippen LogP contribution >= 0.6 is 0 Å². The second-order valence-electron chi connectivity index (χ2n) is 2.76. The third-order valence-corrected chi connectivity index (χ3v) is 1.80. The van der Waals surface area contributed by atoms with E-state index in [-0.39, 0.29) is 0 Å². The molecule has 0 amide bonds. The molecule has 0 spiro atoms. The Morgan fingerprint density at radius 3 is 2.29 bits per heavy atom. The standard InChI is InChI=1S/C10H9N3O/c14-9(8-4-1-2-5-11-8)10-12-6-3-7-13-10/h1-7,9,14H. The molecule has 0 fully saturated rings. The molecule has 1 N–H and O–H groups in total. The zero-order valence-electron chi connectivity index (χ0n) is 7.41. The first-order chi connectivity index (χ1) is 6.88. The van der Waals surface area contributed by atoms with Gasteiger partial charge in [0.1, 0.15) is 0 Å². The summed E-state index contributed by atoms with van der Waals surface area (Å²) in [6.45, 7) is 0. The van der Waals surface area contributed by atoms with E-state index < -0.39 is 6.10 Å². The van der Waals surface area contributed by atoms with E-state index in [1.165, 1.54) is 0 Å². The van der Waals surface area contributed by atoms with Gasteiger partial charge in [0.05, 0.1) is 5.69 Å². The molecule has 0 saturated carbocycles. The molecule has 2 heterocycles. The second-order valence-corrected chi connectivity index (χ2v) is 2.76. The highest BCUT2D eigenvalue weighted by Crippen LogP contribution is 2.14. The molecule has 2 rings (SSSR count). The van der Waals surface area contributed by atoms with Crippen molar-refractivity contribution in [1.29, 1.82) is 0 Å². The van der Waals surface area contributed by atoms with Crippen LogP contribution in [0.25, 0.3) is 0 Å². The van der Waals surface area contributed by atoms with Crippen molar-refractivity contribution in [2.24, 2.45) is 0 Å². The SMILES string of the molecule is OC(c1ccccn1)c1ncccn1. The molecule has 4 heteroatoms. The highest BCUT2D eigenvalue weighted by atomic mass is 16.3. The van der Waals surface area contributed by atoms with Crippen LogP contribution < -0.4 is 0 Å². The van der Waals surface area contributed by atoms with Crippen LogP contribution in [0.1, 0.15) is 17.6 Å². The highest BCUT2D eigenvalue weighted by molar-refractivity contribution is 5.13. The third-order valence-electron chi connectivity index (χ3n) is 1.80. The van der Waals surface area contributed by atoms with Crippen molar-refractivity contribution in [2.45, 2.75) is 6.10 Å². The Kier molecular flexibility index (Phi) is 2.46. The van der Waals surface area contributed by atoms with Crippen LogP contribution in [0.3, 0.4) is 0 Å². The van der Waals surface area contributed by atoms with E-state index in [2.05, 4.69) is 15.0 Å². The van der Waals surface area contributed by atoms with E-state index in [1.54, 1.807) is 36.8 Å². The Morgan fingerprint density at radius 1 is 0.929 bits per heavy atom. The van der Waals surface area contributed by atoms with Gasteiger partial charge in [-0.3, -0.25) is 4.98 Å². The summed E-state index contributed by atoms with van der Waals surface area (Å²) in [6.07, 6.45) is 3.96. The van der Waals surface area contributed by atoms with Gasteiger partial charge in [0.2, 0.25) is 0 Å². The van der Waals surface area contributed by atoms with Crippen molar-refractivity contribution in [1.82, 2.24) is 15.0 Å². The maximum absolute atomic E-state index is 9.80. The van der Waals surface area contributed by atoms with Gasteiger partial charge in [-0.1, -0.05) is 6.07 Å². The molecular formula is C10H9N3O. The summed E-state index contributed by atoms with van der Waals surface area (Å²) < 4.78 is 0. The van der Waals surface area contributed by atoms with Crippen molar-refractivity contribution in [3.8, 4) is 0 Å². The van der Waals surface area contributed by atoms with E-state index in [4.69, 9.17) is 0 Å². The fraction of sp³-hybridized carbons (Fsp3) is 0.100. The van der Waals surface area contributed by atoms with Crippen molar-refractivity contribution < 1.29 is 5.11 Å². The molecule has 70 valence electrons. The number of aliphatic hydroxyl groups excluding tert-OH is 1. The Balaban J connectivity index is 2.30. The summed E-state index contributed by atoms with van der Waals surface area (Å²) in [5, 5.41) is 9.80. The molecule has 2 aromatic rings. The summed E-state index contributed by atoms with van der Waals surface area (Å²) in [6, 6.07) is 7.05. The summed E-state index contributed by atoms with van der Waals surface area (Å²) >= 11 is 0. The normalized spacial score (nSPS) is 12.4. The van der Waals surface area contributed by atoms with Gasteiger partial charge in [-0.15, -0.1) is 0 Å². The molecule has 1 atom stereocenters. The zero-order valence-corrected chi connectivity index (χ0v) is 7.41. The quantitative estimate of drug-likeness (QED) is 0.760. The van der Waals surface area contributed by atoms with Gasteiger partial charge in [-0.25, -0.2) is 9.97 Å². The molecule has 0 aliphatic rings.